The summed E-state index contributed by atoms with van der Waals surface area (Å²) >= 11 is 13.4. The van der Waals surface area contributed by atoms with Gasteiger partial charge in [0.1, 0.15) is 40.2 Å². The van der Waals surface area contributed by atoms with Crippen molar-refractivity contribution in [3.8, 4) is 12.1 Å². The molecule has 0 aromatic carbocycles. The summed E-state index contributed by atoms with van der Waals surface area (Å²) in [5.41, 5.74) is 5.88. The fourth-order valence-corrected chi connectivity index (χ4v) is 10.9. The molecule has 6 aromatic rings. The van der Waals surface area contributed by atoms with Crippen molar-refractivity contribution in [2.45, 2.75) is 105 Å². The zero-order valence-electron chi connectivity index (χ0n) is 34.2. The van der Waals surface area contributed by atoms with Crippen LogP contribution in [0.15, 0.2) is 44.0 Å². The van der Waals surface area contributed by atoms with E-state index in [4.69, 9.17) is 15.2 Å². The maximum absolute atomic E-state index is 13.3. The number of carbonyl (C=O) groups excluding carboxylic acids is 2. The number of halogens is 2. The summed E-state index contributed by atoms with van der Waals surface area (Å²) in [6.45, 7) is 15.5. The molecule has 2 amide bonds. The third-order valence-corrected chi connectivity index (χ3v) is 14.2. The summed E-state index contributed by atoms with van der Waals surface area (Å²) in [5, 5.41) is 29.0. The number of hydrogen-bond acceptors (Lipinski definition) is 16. The number of fused-ring (bicyclic) bond motifs is 2. The smallest absolute Gasteiger partial charge is 0.416 e. The first-order valence-corrected chi connectivity index (χ1v) is 23.5. The summed E-state index contributed by atoms with van der Waals surface area (Å²) in [7, 11) is 0. The Morgan fingerprint density at radius 3 is 1.93 bits per heavy atom. The van der Waals surface area contributed by atoms with Gasteiger partial charge in [0.25, 0.3) is 0 Å². The van der Waals surface area contributed by atoms with E-state index in [1.807, 2.05) is 54.9 Å². The minimum atomic E-state index is -0.723. The number of carbonyl (C=O) groups is 2. The van der Waals surface area contributed by atoms with Crippen molar-refractivity contribution in [3.63, 3.8) is 0 Å². The van der Waals surface area contributed by atoms with Crippen molar-refractivity contribution in [1.82, 2.24) is 25.3 Å². The van der Waals surface area contributed by atoms with E-state index in [0.29, 0.717) is 39.3 Å². The number of nitriles is 2. The highest BCUT2D eigenvalue weighted by atomic mass is 79.9. The summed E-state index contributed by atoms with van der Waals surface area (Å²) in [4.78, 5) is 48.7. The predicted molar refractivity (Wildman–Crippen MR) is 248 cm³/mol. The van der Waals surface area contributed by atoms with E-state index in [1.165, 1.54) is 32.5 Å². The third kappa shape index (κ3) is 12.6. The number of nitrogens with zero attached hydrogens (tertiary/aromatic N) is 7. The van der Waals surface area contributed by atoms with Crippen LogP contribution in [-0.2, 0) is 35.4 Å². The van der Waals surface area contributed by atoms with E-state index < -0.39 is 23.4 Å². The molecule has 6 heterocycles. The van der Waals surface area contributed by atoms with Gasteiger partial charge in [-0.3, -0.25) is 4.90 Å². The number of nitrogens with two attached hydrogens (primary N) is 1. The molecular formula is C40H44Br2N10O4S4. The van der Waals surface area contributed by atoms with Gasteiger partial charge in [0.15, 0.2) is 5.82 Å². The number of nitrogens with one attached hydrogen (secondary N) is 2. The van der Waals surface area contributed by atoms with Gasteiger partial charge in [-0.25, -0.2) is 24.5 Å². The van der Waals surface area contributed by atoms with Crippen molar-refractivity contribution in [3.05, 3.63) is 75.1 Å². The van der Waals surface area contributed by atoms with Crippen molar-refractivity contribution in [2.75, 3.05) is 10.2 Å². The van der Waals surface area contributed by atoms with Gasteiger partial charge < -0.3 is 25.8 Å². The van der Waals surface area contributed by atoms with Crippen molar-refractivity contribution >= 4 is 121 Å². The predicted octanol–water partition coefficient (Wildman–Crippen LogP) is 10.7. The molecule has 0 fully saturated rings. The molecule has 14 nitrogen and oxygen atoms in total. The highest BCUT2D eigenvalue weighted by Gasteiger charge is 2.30. The van der Waals surface area contributed by atoms with E-state index >= 15 is 0 Å². The van der Waals surface area contributed by atoms with Gasteiger partial charge in [0.05, 0.1) is 31.4 Å². The summed E-state index contributed by atoms with van der Waals surface area (Å²) in [6, 6.07) is 11.7. The number of amides is 2. The van der Waals surface area contributed by atoms with E-state index in [0.717, 1.165) is 35.7 Å². The molecule has 0 saturated carbocycles. The molecule has 0 saturated heterocycles. The molecule has 60 heavy (non-hydrogen) atoms. The summed E-state index contributed by atoms with van der Waals surface area (Å²) in [5.74, 6) is 1.10. The molecule has 2 atom stereocenters. The molecule has 0 spiro atoms. The first kappa shape index (κ1) is 46.8. The van der Waals surface area contributed by atoms with Gasteiger partial charge in [-0.05, 0) is 117 Å². The third-order valence-electron chi connectivity index (χ3n) is 7.81. The van der Waals surface area contributed by atoms with Crippen LogP contribution in [0, 0.1) is 22.7 Å². The SMILES string of the molecule is C[C@@H](Cc1sc2c(N(Cc3cccs3)C(=O)OC(C)(C)C)nc(C#N)nc2c1Br)NC(=O)OC(C)(C)C.C[C@H](N)Cc1sc2c(NCc3cccs3)nc(C#N)nc2c1Br. The monoisotopic (exact) mass is 1010 g/mol. The average molecular weight is 1020 g/mol. The first-order valence-electron chi connectivity index (χ1n) is 18.6. The Balaban J connectivity index is 0.000000253. The van der Waals surface area contributed by atoms with Gasteiger partial charge in [-0.2, -0.15) is 15.5 Å². The van der Waals surface area contributed by atoms with Crippen LogP contribution in [0.5, 0.6) is 0 Å². The van der Waals surface area contributed by atoms with Crippen molar-refractivity contribution < 1.29 is 19.1 Å². The lowest BCUT2D eigenvalue weighted by Gasteiger charge is -2.26. The minimum absolute atomic E-state index is 0.0605. The summed E-state index contributed by atoms with van der Waals surface area (Å²) < 4.78 is 14.2. The van der Waals surface area contributed by atoms with Crippen LogP contribution >= 0.6 is 77.2 Å². The van der Waals surface area contributed by atoms with Crippen LogP contribution in [-0.4, -0.2) is 55.4 Å². The number of aromatic nitrogens is 4. The molecule has 316 valence electrons. The second-order valence-corrected chi connectivity index (χ2v) is 21.4. The second kappa shape index (κ2) is 20.1. The number of rotatable bonds is 11. The molecule has 0 radical (unpaired) electrons. The van der Waals surface area contributed by atoms with Crippen molar-refractivity contribution in [1.29, 1.82) is 10.5 Å². The normalized spacial score (nSPS) is 12.5. The number of ether oxygens (including phenoxy) is 2. The molecule has 0 unspecified atom stereocenters. The highest BCUT2D eigenvalue weighted by molar-refractivity contribution is 9.11. The van der Waals surface area contributed by atoms with Crippen LogP contribution in [0.3, 0.4) is 0 Å². The molecule has 0 aliphatic carbocycles. The van der Waals surface area contributed by atoms with Crippen LogP contribution in [0.4, 0.5) is 21.2 Å². The fraction of sp³-hybridized carbons (Fsp3) is 0.400. The quantitative estimate of drug-likeness (QED) is 0.111. The Bertz CT molecular complexity index is 2530. The largest absolute Gasteiger partial charge is 0.444 e. The Morgan fingerprint density at radius 2 is 1.38 bits per heavy atom. The molecule has 6 rings (SSSR count). The topological polar surface area (TPSA) is 205 Å². The van der Waals surface area contributed by atoms with Gasteiger partial charge in [-0.15, -0.1) is 45.3 Å². The Labute approximate surface area is 381 Å². The van der Waals surface area contributed by atoms with Crippen LogP contribution in [0.2, 0.25) is 0 Å². The van der Waals surface area contributed by atoms with E-state index in [9.17, 15) is 20.1 Å². The molecule has 20 heteroatoms. The molecule has 4 N–H and O–H groups in total. The number of hydrogen-bond donors (Lipinski definition) is 3. The standard InChI is InChI=1S/C25H30BrN5O4S2.C15H14BrN5S2/c1-14(28-22(32)34-24(2,3)4)11-16-18(26)19-20(37-16)21(30-17(12-27)29-19)31(13-15-9-8-10-36-15)23(33)35-25(5,6)7;1-8(18)5-10-12(16)13-14(23-10)15(21-11(6-17)20-13)19-7-9-3-2-4-22-9/h8-10,14H,11,13H2,1-7H3,(H,28,32);2-4,8H,5,7,18H2,1H3,(H,19,20,21)/t14-;8-/m00/s1. The maximum Gasteiger partial charge on any atom is 0.416 e. The van der Waals surface area contributed by atoms with Crippen LogP contribution in [0.25, 0.3) is 20.4 Å². The fourth-order valence-electron chi connectivity index (χ4n) is 5.46. The van der Waals surface area contributed by atoms with Gasteiger partial charge in [0.2, 0.25) is 11.6 Å². The van der Waals surface area contributed by atoms with Gasteiger partial charge in [0, 0.05) is 38.0 Å². The highest BCUT2D eigenvalue weighted by Crippen LogP contribution is 2.41. The Hall–Kier alpha value is -4.28. The molecule has 6 aromatic heterocycles. The maximum atomic E-state index is 13.3. The van der Waals surface area contributed by atoms with E-state index in [2.05, 4.69) is 68.5 Å². The summed E-state index contributed by atoms with van der Waals surface area (Å²) in [6.07, 6.45) is 0.153. The first-order chi connectivity index (χ1) is 28.2. The Kier molecular flexibility index (Phi) is 15.6. The lowest BCUT2D eigenvalue weighted by Crippen LogP contribution is -2.38. The van der Waals surface area contributed by atoms with E-state index in [1.54, 1.807) is 64.2 Å². The molecular weight excluding hydrogens is 973 g/mol. The number of anilines is 2. The molecule has 0 bridgehead atoms. The molecule has 0 aliphatic rings. The number of thiophene rings is 4. The zero-order valence-corrected chi connectivity index (χ0v) is 40.6. The average Bonchev–Trinajstić information content (AvgIpc) is 3.98. The van der Waals surface area contributed by atoms with Gasteiger partial charge >= 0.3 is 12.2 Å². The zero-order chi connectivity index (χ0) is 43.9. The van der Waals surface area contributed by atoms with Crippen LogP contribution in [0.1, 0.15) is 86.5 Å². The van der Waals surface area contributed by atoms with Crippen molar-refractivity contribution in [2.24, 2.45) is 5.73 Å². The lowest BCUT2D eigenvalue weighted by atomic mass is 10.2. The second-order valence-electron chi connectivity index (χ2n) is 15.5. The number of alkyl carbamates (subject to hydrolysis) is 1. The van der Waals surface area contributed by atoms with E-state index in [-0.39, 0.29) is 30.3 Å². The lowest BCUT2D eigenvalue weighted by molar-refractivity contribution is 0.0506. The molecule has 0 aliphatic heterocycles. The van der Waals surface area contributed by atoms with Crippen LogP contribution < -0.4 is 21.3 Å². The Morgan fingerprint density at radius 1 is 0.833 bits per heavy atom. The minimum Gasteiger partial charge on any atom is -0.444 e. The van der Waals surface area contributed by atoms with Gasteiger partial charge in [-0.1, -0.05) is 12.1 Å².